The number of benzene rings is 2. The number of nitro groups is 1. The third-order valence-corrected chi connectivity index (χ3v) is 5.49. The van der Waals surface area contributed by atoms with E-state index in [0.29, 0.717) is 5.69 Å². The average Bonchev–Trinajstić information content (AvgIpc) is 3.00. The number of thiocarbonyl (C=S) groups is 1. The first-order chi connectivity index (χ1) is 14.3. The number of hydrogen-bond acceptors (Lipinski definition) is 8. The van der Waals surface area contributed by atoms with Crippen LogP contribution in [0.1, 0.15) is 15.9 Å². The maximum absolute atomic E-state index is 12.9. The molecule has 9 nitrogen and oxygen atoms in total. The standard InChI is InChI=1S/C19H14N2O7S2/c1-27-13-8-3-10(15(18(23)24)16(13)28-2)9-14-17(22)20(19(29)30-14)11-4-6-12(7-5-11)21(25)26/h3-9H,1-2H3,(H,23,24)/b14-9-. The topological polar surface area (TPSA) is 119 Å². The maximum Gasteiger partial charge on any atom is 0.340 e. The lowest BCUT2D eigenvalue weighted by Gasteiger charge is -2.14. The number of carbonyl (C=O) groups is 2. The van der Waals surface area contributed by atoms with Gasteiger partial charge in [0.15, 0.2) is 15.8 Å². The molecule has 1 aliphatic rings. The Hall–Kier alpha value is -3.44. The van der Waals surface area contributed by atoms with Crippen LogP contribution >= 0.6 is 24.0 Å². The second-order valence-corrected chi connectivity index (χ2v) is 7.54. The van der Waals surface area contributed by atoms with Gasteiger partial charge in [0.05, 0.1) is 29.7 Å². The lowest BCUT2D eigenvalue weighted by atomic mass is 10.0. The van der Waals surface area contributed by atoms with E-state index in [1.807, 2.05) is 0 Å². The molecular formula is C19H14N2O7S2. The lowest BCUT2D eigenvalue weighted by Crippen LogP contribution is -2.27. The molecule has 0 unspecified atom stereocenters. The first kappa shape index (κ1) is 21.3. The second kappa shape index (κ2) is 8.51. The van der Waals surface area contributed by atoms with Crippen molar-refractivity contribution >= 4 is 57.6 Å². The fourth-order valence-electron chi connectivity index (χ4n) is 2.84. The number of ether oxygens (including phenoxy) is 2. The first-order valence-electron chi connectivity index (χ1n) is 8.29. The molecule has 3 rings (SSSR count). The fraction of sp³-hybridized carbons (Fsp3) is 0.105. The van der Waals surface area contributed by atoms with Crippen molar-refractivity contribution in [1.82, 2.24) is 0 Å². The molecule has 0 atom stereocenters. The molecule has 11 heteroatoms. The number of thioether (sulfide) groups is 1. The van der Waals surface area contributed by atoms with Gasteiger partial charge in [0, 0.05) is 12.1 Å². The van der Waals surface area contributed by atoms with Crippen LogP contribution in [0.5, 0.6) is 11.5 Å². The third-order valence-electron chi connectivity index (χ3n) is 4.19. The van der Waals surface area contributed by atoms with Crippen LogP contribution < -0.4 is 14.4 Å². The van der Waals surface area contributed by atoms with Crippen LogP contribution in [0.2, 0.25) is 0 Å². The molecule has 0 saturated carbocycles. The number of hydrogen-bond donors (Lipinski definition) is 1. The Morgan fingerprint density at radius 3 is 2.40 bits per heavy atom. The van der Waals surface area contributed by atoms with Crippen LogP contribution in [-0.4, -0.2) is 40.4 Å². The highest BCUT2D eigenvalue weighted by atomic mass is 32.2. The summed E-state index contributed by atoms with van der Waals surface area (Å²) in [6.07, 6.45) is 1.41. The summed E-state index contributed by atoms with van der Waals surface area (Å²) in [6.45, 7) is 0. The molecule has 0 aliphatic carbocycles. The number of carbonyl (C=O) groups excluding carboxylic acids is 1. The number of non-ortho nitro benzene ring substituents is 1. The van der Waals surface area contributed by atoms with Crippen molar-refractivity contribution in [2.24, 2.45) is 0 Å². The number of methoxy groups -OCH3 is 2. The minimum absolute atomic E-state index is 0.0320. The van der Waals surface area contributed by atoms with E-state index in [1.165, 1.54) is 61.6 Å². The number of carboxylic acid groups (broad SMARTS) is 1. The molecule has 1 heterocycles. The van der Waals surface area contributed by atoms with E-state index < -0.39 is 16.8 Å². The highest BCUT2D eigenvalue weighted by Gasteiger charge is 2.34. The summed E-state index contributed by atoms with van der Waals surface area (Å²) in [5, 5.41) is 20.5. The van der Waals surface area contributed by atoms with E-state index in [9.17, 15) is 24.8 Å². The van der Waals surface area contributed by atoms with Crippen molar-refractivity contribution in [2.45, 2.75) is 0 Å². The van der Waals surface area contributed by atoms with Crippen molar-refractivity contribution in [2.75, 3.05) is 19.1 Å². The van der Waals surface area contributed by atoms with E-state index in [4.69, 9.17) is 21.7 Å². The summed E-state index contributed by atoms with van der Waals surface area (Å²) in [5.74, 6) is -1.44. The van der Waals surface area contributed by atoms with Crippen molar-refractivity contribution in [3.05, 3.63) is 62.5 Å². The Morgan fingerprint density at radius 1 is 1.20 bits per heavy atom. The quantitative estimate of drug-likeness (QED) is 0.306. The van der Waals surface area contributed by atoms with Crippen LogP contribution in [0, 0.1) is 10.1 Å². The number of anilines is 1. The van der Waals surface area contributed by atoms with Gasteiger partial charge in [-0.15, -0.1) is 0 Å². The number of nitrogens with zero attached hydrogens (tertiary/aromatic N) is 2. The Kier molecular flexibility index (Phi) is 6.04. The summed E-state index contributed by atoms with van der Waals surface area (Å²) in [4.78, 5) is 36.4. The van der Waals surface area contributed by atoms with Gasteiger partial charge in [-0.1, -0.05) is 30.0 Å². The molecule has 1 amide bonds. The predicted molar refractivity (Wildman–Crippen MR) is 115 cm³/mol. The molecule has 2 aromatic rings. The van der Waals surface area contributed by atoms with E-state index >= 15 is 0 Å². The fourth-order valence-corrected chi connectivity index (χ4v) is 4.13. The minimum atomic E-state index is -1.25. The van der Waals surface area contributed by atoms with E-state index in [-0.39, 0.29) is 37.5 Å². The largest absolute Gasteiger partial charge is 0.493 e. The van der Waals surface area contributed by atoms with Gasteiger partial charge < -0.3 is 14.6 Å². The van der Waals surface area contributed by atoms with Crippen LogP contribution in [0.4, 0.5) is 11.4 Å². The zero-order valence-corrected chi connectivity index (χ0v) is 17.3. The van der Waals surface area contributed by atoms with Crippen LogP contribution in [0.25, 0.3) is 6.08 Å². The normalized spacial score (nSPS) is 14.9. The summed E-state index contributed by atoms with van der Waals surface area (Å²) in [7, 11) is 2.71. The molecule has 1 aliphatic heterocycles. The third kappa shape index (κ3) is 3.84. The summed E-state index contributed by atoms with van der Waals surface area (Å²) in [6, 6.07) is 8.43. The molecule has 0 aromatic heterocycles. The monoisotopic (exact) mass is 446 g/mol. The van der Waals surface area contributed by atoms with E-state index in [0.717, 1.165) is 11.8 Å². The number of nitro benzene ring substituents is 1. The van der Waals surface area contributed by atoms with Crippen molar-refractivity contribution in [1.29, 1.82) is 0 Å². The molecule has 1 N–H and O–H groups in total. The van der Waals surface area contributed by atoms with Gasteiger partial charge in [0.2, 0.25) is 0 Å². The molecule has 1 saturated heterocycles. The number of aromatic carboxylic acids is 1. The van der Waals surface area contributed by atoms with Crippen LogP contribution in [0.15, 0.2) is 41.3 Å². The highest BCUT2D eigenvalue weighted by Crippen LogP contribution is 2.39. The van der Waals surface area contributed by atoms with Crippen LogP contribution in [-0.2, 0) is 4.79 Å². The smallest absolute Gasteiger partial charge is 0.340 e. The molecular weight excluding hydrogens is 432 g/mol. The summed E-state index contributed by atoms with van der Waals surface area (Å²) >= 11 is 6.28. The van der Waals surface area contributed by atoms with Gasteiger partial charge in [-0.25, -0.2) is 4.79 Å². The molecule has 154 valence electrons. The SMILES string of the molecule is COc1ccc(/C=C2\SC(=S)N(c3ccc([N+](=O)[O-])cc3)C2=O)c(C(=O)O)c1OC. The highest BCUT2D eigenvalue weighted by molar-refractivity contribution is 8.27. The molecule has 0 spiro atoms. The zero-order chi connectivity index (χ0) is 22.0. The number of rotatable bonds is 6. The minimum Gasteiger partial charge on any atom is -0.493 e. The summed E-state index contributed by atoms with van der Waals surface area (Å²) < 4.78 is 10.5. The van der Waals surface area contributed by atoms with Crippen molar-refractivity contribution in [3.8, 4) is 11.5 Å². The average molecular weight is 446 g/mol. The Balaban J connectivity index is 2.02. The Morgan fingerprint density at radius 2 is 1.87 bits per heavy atom. The summed E-state index contributed by atoms with van der Waals surface area (Å²) in [5.41, 5.74) is 0.343. The predicted octanol–water partition coefficient (Wildman–Crippen LogP) is 3.72. The van der Waals surface area contributed by atoms with Gasteiger partial charge in [-0.3, -0.25) is 19.8 Å². The second-order valence-electron chi connectivity index (χ2n) is 5.86. The number of carboxylic acids is 1. The molecule has 1 fully saturated rings. The zero-order valence-electron chi connectivity index (χ0n) is 15.6. The van der Waals surface area contributed by atoms with Gasteiger partial charge in [-0.2, -0.15) is 0 Å². The Labute approximate surface area is 180 Å². The Bertz CT molecular complexity index is 1100. The van der Waals surface area contributed by atoms with Gasteiger partial charge in [-0.05, 0) is 29.8 Å². The molecule has 30 heavy (non-hydrogen) atoms. The van der Waals surface area contributed by atoms with Crippen molar-refractivity contribution < 1.29 is 29.1 Å². The van der Waals surface area contributed by atoms with E-state index in [1.54, 1.807) is 0 Å². The maximum atomic E-state index is 12.9. The van der Waals surface area contributed by atoms with Crippen molar-refractivity contribution in [3.63, 3.8) is 0 Å². The molecule has 0 radical (unpaired) electrons. The van der Waals surface area contributed by atoms with Gasteiger partial charge in [0.1, 0.15) is 5.56 Å². The van der Waals surface area contributed by atoms with Gasteiger partial charge >= 0.3 is 5.97 Å². The molecule has 0 bridgehead atoms. The van der Waals surface area contributed by atoms with Crippen LogP contribution in [0.3, 0.4) is 0 Å². The molecule has 2 aromatic carbocycles. The number of amides is 1. The van der Waals surface area contributed by atoms with Gasteiger partial charge in [0.25, 0.3) is 11.6 Å². The lowest BCUT2D eigenvalue weighted by molar-refractivity contribution is -0.384. The van der Waals surface area contributed by atoms with E-state index in [2.05, 4.69) is 0 Å². The first-order valence-corrected chi connectivity index (χ1v) is 9.51.